The molecular formula is C31H26F3N3O3. The first-order valence-corrected chi connectivity index (χ1v) is 13.6. The van der Waals surface area contributed by atoms with Crippen LogP contribution in [-0.4, -0.2) is 33.4 Å². The molecule has 4 aliphatic carbocycles. The smallest absolute Gasteiger partial charge is 0.387 e. The summed E-state index contributed by atoms with van der Waals surface area (Å²) in [5, 5.41) is 9.25. The maximum absolute atomic E-state index is 15.5. The second kappa shape index (κ2) is 9.57. The predicted molar refractivity (Wildman–Crippen MR) is 141 cm³/mol. The SMILES string of the molecule is O=C(O)[C@H]1[C@@H]2CC(c3ncc(C4=CC=C5CC6=C(CC[C@@H]6c6ccccc6OC(F)F)N=C5C=C4F)cn3)C[C@@H]21. The number of para-hydroxylation sites is 1. The Morgan fingerprint density at radius 1 is 1.07 bits per heavy atom. The molecule has 0 bridgehead atoms. The van der Waals surface area contributed by atoms with E-state index in [1.807, 2.05) is 18.2 Å². The standard InChI is InChI=1S/C31H26F3N3O3/c32-24-12-26-15(9-21-19(7-8-25(21)37-26)20-3-1-2-4-27(20)40-31(33)34)5-6-18(24)17-13-35-29(36-14-17)16-10-22-23(11-16)28(22)30(38)39/h1-6,12-14,16,19,22-23,28,31H,7-11H2,(H,38,39)/t16?,19-,22-,23+,28+/m1/s1. The van der Waals surface area contributed by atoms with Crippen LogP contribution in [0.5, 0.6) is 5.75 Å². The number of benzene rings is 1. The molecule has 40 heavy (non-hydrogen) atoms. The predicted octanol–water partition coefficient (Wildman–Crippen LogP) is 6.76. The second-order valence-corrected chi connectivity index (χ2v) is 11.1. The number of aliphatic carboxylic acids is 1. The zero-order chi connectivity index (χ0) is 27.5. The topological polar surface area (TPSA) is 84.7 Å². The fraction of sp³-hybridized carbons (Fsp3) is 0.355. The van der Waals surface area contributed by atoms with Gasteiger partial charge in [-0.15, -0.1) is 0 Å². The second-order valence-electron chi connectivity index (χ2n) is 11.1. The zero-order valence-electron chi connectivity index (χ0n) is 21.4. The van der Waals surface area contributed by atoms with Crippen LogP contribution in [0.15, 0.2) is 82.5 Å². The van der Waals surface area contributed by atoms with Crippen LogP contribution in [0.3, 0.4) is 0 Å². The van der Waals surface area contributed by atoms with Gasteiger partial charge in [-0.25, -0.2) is 14.4 Å². The van der Waals surface area contributed by atoms with E-state index in [2.05, 4.69) is 9.97 Å². The van der Waals surface area contributed by atoms with Crippen molar-refractivity contribution in [2.24, 2.45) is 22.7 Å². The Hall–Kier alpha value is -4.01. The number of nitrogens with zero attached hydrogens (tertiary/aromatic N) is 3. The van der Waals surface area contributed by atoms with Crippen LogP contribution in [0.25, 0.3) is 5.57 Å². The molecule has 1 N–H and O–H groups in total. The van der Waals surface area contributed by atoms with Gasteiger partial charge in [0.2, 0.25) is 0 Å². The summed E-state index contributed by atoms with van der Waals surface area (Å²) in [6.45, 7) is -2.90. The fourth-order valence-corrected chi connectivity index (χ4v) is 7.07. The van der Waals surface area contributed by atoms with E-state index in [1.165, 1.54) is 6.08 Å². The Balaban J connectivity index is 1.11. The maximum atomic E-state index is 15.5. The van der Waals surface area contributed by atoms with E-state index in [-0.39, 0.29) is 35.3 Å². The number of rotatable bonds is 6. The molecule has 2 heterocycles. The first-order valence-electron chi connectivity index (χ1n) is 13.6. The monoisotopic (exact) mass is 545 g/mol. The largest absolute Gasteiger partial charge is 0.481 e. The van der Waals surface area contributed by atoms with Gasteiger partial charge in [0.05, 0.1) is 11.6 Å². The van der Waals surface area contributed by atoms with Crippen LogP contribution in [0.2, 0.25) is 0 Å². The molecule has 1 unspecified atom stereocenters. The lowest BCUT2D eigenvalue weighted by Gasteiger charge is -2.22. The molecule has 0 amide bonds. The van der Waals surface area contributed by atoms with Crippen LogP contribution in [0.4, 0.5) is 13.2 Å². The van der Waals surface area contributed by atoms with Gasteiger partial charge in [-0.3, -0.25) is 9.79 Å². The third-order valence-electron chi connectivity index (χ3n) is 8.99. The lowest BCUT2D eigenvalue weighted by molar-refractivity contribution is -0.139. The third kappa shape index (κ3) is 4.28. The Kier molecular flexibility index (Phi) is 5.98. The number of carboxylic acid groups (broad SMARTS) is 1. The number of carboxylic acids is 1. The molecular weight excluding hydrogens is 519 g/mol. The summed E-state index contributed by atoms with van der Waals surface area (Å²) >= 11 is 0. The third-order valence-corrected chi connectivity index (χ3v) is 8.99. The molecule has 2 fully saturated rings. The highest BCUT2D eigenvalue weighted by molar-refractivity contribution is 6.12. The number of allylic oxidation sites excluding steroid dienone is 8. The molecule has 0 spiro atoms. The van der Waals surface area contributed by atoms with Gasteiger partial charge in [-0.1, -0.05) is 30.4 Å². The normalized spacial score (nSPS) is 28.6. The van der Waals surface area contributed by atoms with E-state index in [4.69, 9.17) is 9.73 Å². The van der Waals surface area contributed by atoms with Crippen molar-refractivity contribution in [1.29, 1.82) is 0 Å². The Morgan fingerprint density at radius 2 is 1.82 bits per heavy atom. The molecule has 1 aromatic heterocycles. The minimum absolute atomic E-state index is 0.0926. The molecule has 204 valence electrons. The Morgan fingerprint density at radius 3 is 2.55 bits per heavy atom. The van der Waals surface area contributed by atoms with Gasteiger partial charge in [-0.05, 0) is 61.2 Å². The first-order chi connectivity index (χ1) is 19.4. The van der Waals surface area contributed by atoms with Crippen molar-refractivity contribution in [2.45, 2.75) is 50.6 Å². The zero-order valence-corrected chi connectivity index (χ0v) is 21.4. The Labute approximate surface area is 228 Å². The van der Waals surface area contributed by atoms with Gasteiger partial charge in [0.15, 0.2) is 0 Å². The number of aromatic nitrogens is 2. The molecule has 1 aromatic carbocycles. The summed E-state index contributed by atoms with van der Waals surface area (Å²) in [5.74, 6) is -0.0395. The van der Waals surface area contributed by atoms with E-state index in [9.17, 15) is 18.7 Å². The van der Waals surface area contributed by atoms with Gasteiger partial charge in [0.1, 0.15) is 17.4 Å². The summed E-state index contributed by atoms with van der Waals surface area (Å²) in [4.78, 5) is 25.1. The lowest BCUT2D eigenvalue weighted by Crippen LogP contribution is -2.11. The fourth-order valence-electron chi connectivity index (χ4n) is 7.07. The van der Waals surface area contributed by atoms with Crippen molar-refractivity contribution >= 4 is 17.3 Å². The highest BCUT2D eigenvalue weighted by atomic mass is 19.3. The quantitative estimate of drug-likeness (QED) is 0.434. The Bertz CT molecular complexity index is 1540. The molecule has 5 atom stereocenters. The van der Waals surface area contributed by atoms with Crippen molar-refractivity contribution in [2.75, 3.05) is 0 Å². The van der Waals surface area contributed by atoms with Gasteiger partial charge in [-0.2, -0.15) is 8.78 Å². The highest BCUT2D eigenvalue weighted by Crippen LogP contribution is 2.61. The average Bonchev–Trinajstić information content (AvgIpc) is 3.26. The highest BCUT2D eigenvalue weighted by Gasteiger charge is 2.60. The van der Waals surface area contributed by atoms with Crippen molar-refractivity contribution in [1.82, 2.24) is 9.97 Å². The van der Waals surface area contributed by atoms with E-state index in [0.717, 1.165) is 36.1 Å². The van der Waals surface area contributed by atoms with Gasteiger partial charge in [0.25, 0.3) is 0 Å². The average molecular weight is 546 g/mol. The minimum atomic E-state index is -2.90. The molecule has 5 aliphatic rings. The van der Waals surface area contributed by atoms with Crippen molar-refractivity contribution in [3.05, 3.63) is 94.5 Å². The molecule has 6 nitrogen and oxygen atoms in total. The van der Waals surface area contributed by atoms with Crippen molar-refractivity contribution in [3.8, 4) is 5.75 Å². The van der Waals surface area contributed by atoms with E-state index in [1.54, 1.807) is 30.6 Å². The number of aliphatic imine (C=N–C) groups is 1. The van der Waals surface area contributed by atoms with Gasteiger partial charge < -0.3 is 9.84 Å². The molecule has 1 aliphatic heterocycles. The van der Waals surface area contributed by atoms with Crippen LogP contribution in [-0.2, 0) is 4.79 Å². The number of halogens is 3. The van der Waals surface area contributed by atoms with Crippen molar-refractivity contribution in [3.63, 3.8) is 0 Å². The lowest BCUT2D eigenvalue weighted by atomic mass is 9.86. The molecule has 2 saturated carbocycles. The number of fused-ring (bicyclic) bond motifs is 2. The number of hydrogen-bond donors (Lipinski definition) is 1. The van der Waals surface area contributed by atoms with Crippen molar-refractivity contribution < 1.29 is 27.8 Å². The van der Waals surface area contributed by atoms with Gasteiger partial charge >= 0.3 is 12.6 Å². The summed E-state index contributed by atoms with van der Waals surface area (Å²) < 4.78 is 46.3. The van der Waals surface area contributed by atoms with E-state index in [0.29, 0.717) is 41.1 Å². The molecule has 9 heteroatoms. The van der Waals surface area contributed by atoms with Crippen LogP contribution >= 0.6 is 0 Å². The summed E-state index contributed by atoms with van der Waals surface area (Å²) in [6.07, 6.45) is 11.8. The number of hydrogen-bond acceptors (Lipinski definition) is 5. The number of ether oxygens (including phenoxy) is 1. The first kappa shape index (κ1) is 25.0. The maximum Gasteiger partial charge on any atom is 0.387 e. The van der Waals surface area contributed by atoms with Crippen LogP contribution in [0.1, 0.15) is 60.9 Å². The molecule has 2 aromatic rings. The number of alkyl halides is 2. The molecule has 0 saturated heterocycles. The number of carbonyl (C=O) groups is 1. The van der Waals surface area contributed by atoms with Crippen LogP contribution < -0.4 is 4.74 Å². The minimum Gasteiger partial charge on any atom is -0.481 e. The molecule has 0 radical (unpaired) electrons. The van der Waals surface area contributed by atoms with E-state index >= 15 is 4.39 Å². The molecule has 7 rings (SSSR count). The van der Waals surface area contributed by atoms with Crippen LogP contribution in [0, 0.1) is 17.8 Å². The van der Waals surface area contributed by atoms with E-state index < -0.39 is 18.4 Å². The van der Waals surface area contributed by atoms with Gasteiger partial charge in [0, 0.05) is 52.7 Å². The summed E-state index contributed by atoms with van der Waals surface area (Å²) in [5.41, 5.74) is 4.99. The summed E-state index contributed by atoms with van der Waals surface area (Å²) in [6, 6.07) is 6.87. The summed E-state index contributed by atoms with van der Waals surface area (Å²) in [7, 11) is 0.